The van der Waals surface area contributed by atoms with Crippen LogP contribution < -0.4 is 5.32 Å². The van der Waals surface area contributed by atoms with E-state index in [1.807, 2.05) is 13.8 Å². The van der Waals surface area contributed by atoms with Crippen LogP contribution in [0.25, 0.3) is 0 Å². The molecule has 1 amide bonds. The van der Waals surface area contributed by atoms with Crippen LogP contribution in [0.15, 0.2) is 0 Å². The van der Waals surface area contributed by atoms with Crippen LogP contribution in [0.2, 0.25) is 0 Å². The second kappa shape index (κ2) is 6.67. The number of ketones is 1. The molecule has 1 aliphatic heterocycles. The first-order valence-corrected chi connectivity index (χ1v) is 8.59. The van der Waals surface area contributed by atoms with Gasteiger partial charge in [-0.05, 0) is 6.42 Å². The maximum Gasteiger partial charge on any atom is 0.238 e. The average molecular weight is 304 g/mol. The number of sulfonamides is 1. The Labute approximate surface area is 121 Å². The molecule has 1 N–H and O–H groups in total. The third-order valence-corrected chi connectivity index (χ3v) is 5.07. The van der Waals surface area contributed by atoms with E-state index < -0.39 is 22.0 Å². The smallest absolute Gasteiger partial charge is 0.238 e. The minimum absolute atomic E-state index is 0.0130. The van der Waals surface area contributed by atoms with E-state index in [1.165, 1.54) is 0 Å². The summed E-state index contributed by atoms with van der Waals surface area (Å²) >= 11 is 0. The summed E-state index contributed by atoms with van der Waals surface area (Å²) in [5.41, 5.74) is 0. The second-order valence-electron chi connectivity index (χ2n) is 5.77. The van der Waals surface area contributed by atoms with E-state index >= 15 is 0 Å². The van der Waals surface area contributed by atoms with E-state index in [2.05, 4.69) is 5.32 Å². The molecule has 0 saturated carbocycles. The Morgan fingerprint density at radius 1 is 1.20 bits per heavy atom. The normalized spacial score (nSPS) is 19.6. The van der Waals surface area contributed by atoms with Gasteiger partial charge in [-0.25, -0.2) is 12.7 Å². The van der Waals surface area contributed by atoms with Crippen molar-refractivity contribution in [2.45, 2.75) is 52.6 Å². The molecule has 0 aromatic heterocycles. The Morgan fingerprint density at radius 3 is 2.20 bits per heavy atom. The highest BCUT2D eigenvalue weighted by Gasteiger charge is 2.35. The lowest BCUT2D eigenvalue weighted by molar-refractivity contribution is -0.131. The molecule has 0 radical (unpaired) electrons. The van der Waals surface area contributed by atoms with Gasteiger partial charge < -0.3 is 5.32 Å². The third-order valence-electron chi connectivity index (χ3n) is 3.20. The maximum atomic E-state index is 12.1. The zero-order valence-corrected chi connectivity index (χ0v) is 13.4. The van der Waals surface area contributed by atoms with E-state index in [0.717, 1.165) is 4.31 Å². The molecule has 1 saturated heterocycles. The summed E-state index contributed by atoms with van der Waals surface area (Å²) in [7, 11) is -3.46. The van der Waals surface area contributed by atoms with Gasteiger partial charge in [-0.2, -0.15) is 0 Å². The first-order chi connectivity index (χ1) is 9.15. The summed E-state index contributed by atoms with van der Waals surface area (Å²) < 4.78 is 24.3. The van der Waals surface area contributed by atoms with Gasteiger partial charge in [0.1, 0.15) is 0 Å². The van der Waals surface area contributed by atoms with Crippen LogP contribution in [0.4, 0.5) is 0 Å². The number of rotatable bonds is 6. The van der Waals surface area contributed by atoms with Crippen LogP contribution in [0.3, 0.4) is 0 Å². The molecule has 1 unspecified atom stereocenters. The molecule has 7 heteroatoms. The molecule has 1 fully saturated rings. The third kappa shape index (κ3) is 4.28. The van der Waals surface area contributed by atoms with Crippen LogP contribution in [-0.4, -0.2) is 48.8 Å². The fourth-order valence-corrected chi connectivity index (χ4v) is 3.75. The van der Waals surface area contributed by atoms with Gasteiger partial charge in [0.25, 0.3) is 0 Å². The zero-order valence-electron chi connectivity index (χ0n) is 12.5. The standard InChI is InChI=1S/C13H24N2O4S/c1-9(2)13(17)11(14-10(3)4)8-12(16)15-6-5-7-20(15,18)19/h9-11,14H,5-8H2,1-4H3. The largest absolute Gasteiger partial charge is 0.305 e. The second-order valence-corrected chi connectivity index (χ2v) is 7.78. The molecule has 1 aliphatic rings. The van der Waals surface area contributed by atoms with Crippen molar-refractivity contribution in [1.29, 1.82) is 0 Å². The number of hydrogen-bond acceptors (Lipinski definition) is 5. The minimum Gasteiger partial charge on any atom is -0.305 e. The van der Waals surface area contributed by atoms with Gasteiger partial charge in [0.15, 0.2) is 5.78 Å². The average Bonchev–Trinajstić information content (AvgIpc) is 2.66. The molecule has 1 rings (SSSR count). The highest BCUT2D eigenvalue weighted by atomic mass is 32.2. The van der Waals surface area contributed by atoms with Crippen LogP contribution in [0, 0.1) is 5.92 Å². The number of nitrogens with one attached hydrogen (secondary N) is 1. The first kappa shape index (κ1) is 17.1. The lowest BCUT2D eigenvalue weighted by Gasteiger charge is -2.23. The van der Waals surface area contributed by atoms with Crippen molar-refractivity contribution in [3.8, 4) is 0 Å². The van der Waals surface area contributed by atoms with Gasteiger partial charge in [0, 0.05) is 18.5 Å². The fourth-order valence-electron chi connectivity index (χ4n) is 2.24. The van der Waals surface area contributed by atoms with Crippen LogP contribution >= 0.6 is 0 Å². The Hall–Kier alpha value is -0.950. The summed E-state index contributed by atoms with van der Waals surface area (Å²) in [4.78, 5) is 24.2. The number of carbonyl (C=O) groups is 2. The van der Waals surface area contributed by atoms with E-state index in [-0.39, 0.29) is 36.5 Å². The molecule has 1 heterocycles. The lowest BCUT2D eigenvalue weighted by Crippen LogP contribution is -2.46. The Kier molecular flexibility index (Phi) is 5.70. The van der Waals surface area contributed by atoms with Crippen molar-refractivity contribution in [2.75, 3.05) is 12.3 Å². The topological polar surface area (TPSA) is 83.6 Å². The molecule has 0 bridgehead atoms. The number of nitrogens with zero attached hydrogens (tertiary/aromatic N) is 1. The SMILES string of the molecule is CC(C)NC(CC(=O)N1CCCS1(=O)=O)C(=O)C(C)C. The number of carbonyl (C=O) groups excluding carboxylic acids is 2. The van der Waals surface area contributed by atoms with E-state index in [4.69, 9.17) is 0 Å². The summed E-state index contributed by atoms with van der Waals surface area (Å²) in [6.07, 6.45) is 0.364. The molecular weight excluding hydrogens is 280 g/mol. The Bertz CT molecular complexity index is 471. The molecule has 1 atom stereocenters. The zero-order chi connectivity index (χ0) is 15.5. The van der Waals surface area contributed by atoms with Crippen molar-refractivity contribution >= 4 is 21.7 Å². The van der Waals surface area contributed by atoms with E-state index in [1.54, 1.807) is 13.8 Å². The highest BCUT2D eigenvalue weighted by Crippen LogP contribution is 2.16. The van der Waals surface area contributed by atoms with Gasteiger partial charge in [-0.3, -0.25) is 9.59 Å². The first-order valence-electron chi connectivity index (χ1n) is 6.98. The van der Waals surface area contributed by atoms with E-state index in [9.17, 15) is 18.0 Å². The molecule has 0 aromatic carbocycles. The quantitative estimate of drug-likeness (QED) is 0.774. The molecule has 6 nitrogen and oxygen atoms in total. The molecule has 0 spiro atoms. The monoisotopic (exact) mass is 304 g/mol. The number of hydrogen-bond donors (Lipinski definition) is 1. The summed E-state index contributed by atoms with van der Waals surface area (Å²) in [6.45, 7) is 7.55. The van der Waals surface area contributed by atoms with E-state index in [0.29, 0.717) is 6.42 Å². The van der Waals surface area contributed by atoms with Gasteiger partial charge in [0.2, 0.25) is 15.9 Å². The lowest BCUT2D eigenvalue weighted by atomic mass is 9.98. The molecule has 116 valence electrons. The Morgan fingerprint density at radius 2 is 1.80 bits per heavy atom. The minimum atomic E-state index is -3.46. The fraction of sp³-hybridized carbons (Fsp3) is 0.846. The molecular formula is C13H24N2O4S. The van der Waals surface area contributed by atoms with Crippen molar-refractivity contribution in [3.05, 3.63) is 0 Å². The predicted octanol–water partition coefficient (Wildman–Crippen LogP) is 0.530. The van der Waals surface area contributed by atoms with Crippen LogP contribution in [0.5, 0.6) is 0 Å². The molecule has 20 heavy (non-hydrogen) atoms. The Balaban J connectivity index is 2.79. The van der Waals surface area contributed by atoms with Crippen LogP contribution in [0.1, 0.15) is 40.5 Å². The maximum absolute atomic E-state index is 12.1. The molecule has 0 aromatic rings. The van der Waals surface area contributed by atoms with Crippen molar-refractivity contribution < 1.29 is 18.0 Å². The van der Waals surface area contributed by atoms with Gasteiger partial charge >= 0.3 is 0 Å². The number of amides is 1. The summed E-state index contributed by atoms with van der Waals surface area (Å²) in [5, 5.41) is 3.05. The van der Waals surface area contributed by atoms with Crippen molar-refractivity contribution in [2.24, 2.45) is 5.92 Å². The van der Waals surface area contributed by atoms with Crippen molar-refractivity contribution in [1.82, 2.24) is 9.62 Å². The van der Waals surface area contributed by atoms with Gasteiger partial charge in [0.05, 0.1) is 18.2 Å². The van der Waals surface area contributed by atoms with Gasteiger partial charge in [-0.1, -0.05) is 27.7 Å². The van der Waals surface area contributed by atoms with Gasteiger partial charge in [-0.15, -0.1) is 0 Å². The predicted molar refractivity (Wildman–Crippen MR) is 76.6 cm³/mol. The number of Topliss-reactive ketones (excluding diaryl/α,β-unsaturated/α-hetero) is 1. The van der Waals surface area contributed by atoms with Crippen LogP contribution in [-0.2, 0) is 19.6 Å². The highest BCUT2D eigenvalue weighted by molar-refractivity contribution is 7.89. The molecule has 0 aliphatic carbocycles. The summed E-state index contributed by atoms with van der Waals surface area (Å²) in [6, 6.07) is -0.580. The van der Waals surface area contributed by atoms with Crippen molar-refractivity contribution in [3.63, 3.8) is 0 Å². The summed E-state index contributed by atoms with van der Waals surface area (Å²) in [5.74, 6) is -0.744.